The van der Waals surface area contributed by atoms with Crippen LogP contribution in [0.4, 0.5) is 4.79 Å². The van der Waals surface area contributed by atoms with Gasteiger partial charge < -0.3 is 9.47 Å². The molecule has 2 amide bonds. The molecule has 0 spiro atoms. The molecule has 1 heterocycles. The molecule has 1 saturated heterocycles. The van der Waals surface area contributed by atoms with E-state index >= 15 is 0 Å². The predicted octanol–water partition coefficient (Wildman–Crippen LogP) is 6.69. The first kappa shape index (κ1) is 23.2. The highest BCUT2D eigenvalue weighted by atomic mass is 35.5. The zero-order valence-electron chi connectivity index (χ0n) is 17.4. The summed E-state index contributed by atoms with van der Waals surface area (Å²) in [5, 5.41) is 0.569. The molecule has 0 aliphatic carbocycles. The highest BCUT2D eigenvalue weighted by molar-refractivity contribution is 8.18. The monoisotopic (exact) mass is 499 g/mol. The molecule has 0 aromatic heterocycles. The standard InChI is InChI=1S/C25H19Cl2NO4S/c26-19-9-8-18(22(27)15-19)16-28-24(29)23(33-25(28)30)14-17-6-10-21(11-7-17)32-13-12-31-20-4-2-1-3-5-20/h1-11,14-15H,12-13,16H2/b23-14+. The summed E-state index contributed by atoms with van der Waals surface area (Å²) in [6.07, 6.45) is 1.69. The number of thioether (sulfide) groups is 1. The van der Waals surface area contributed by atoms with Crippen molar-refractivity contribution < 1.29 is 19.1 Å². The molecule has 1 fully saturated rings. The third-order valence-electron chi connectivity index (χ3n) is 4.76. The minimum atomic E-state index is -0.352. The quantitative estimate of drug-likeness (QED) is 0.255. The summed E-state index contributed by atoms with van der Waals surface area (Å²) in [6.45, 7) is 0.923. The largest absolute Gasteiger partial charge is 0.490 e. The van der Waals surface area contributed by atoms with Crippen molar-refractivity contribution in [2.45, 2.75) is 6.54 Å². The van der Waals surface area contributed by atoms with E-state index < -0.39 is 0 Å². The minimum Gasteiger partial charge on any atom is -0.490 e. The number of para-hydroxylation sites is 1. The van der Waals surface area contributed by atoms with Gasteiger partial charge in [-0.3, -0.25) is 14.5 Å². The summed E-state index contributed by atoms with van der Waals surface area (Å²) in [5.74, 6) is 1.13. The van der Waals surface area contributed by atoms with Crippen LogP contribution in [0.5, 0.6) is 11.5 Å². The second-order valence-corrected chi connectivity index (χ2v) is 8.92. The summed E-state index contributed by atoms with van der Waals surface area (Å²) < 4.78 is 11.3. The fourth-order valence-electron chi connectivity index (χ4n) is 3.10. The first-order valence-corrected chi connectivity index (χ1v) is 11.7. The topological polar surface area (TPSA) is 55.8 Å². The Morgan fingerprint density at radius 2 is 1.52 bits per heavy atom. The molecule has 0 N–H and O–H groups in total. The van der Waals surface area contributed by atoms with Gasteiger partial charge in [0.15, 0.2) is 0 Å². The molecule has 3 aromatic carbocycles. The molecule has 0 unspecified atom stereocenters. The van der Waals surface area contributed by atoms with Crippen LogP contribution >= 0.6 is 35.0 Å². The van der Waals surface area contributed by atoms with Gasteiger partial charge in [0.05, 0.1) is 11.4 Å². The lowest BCUT2D eigenvalue weighted by Gasteiger charge is -2.13. The number of carbonyl (C=O) groups is 2. The van der Waals surface area contributed by atoms with Crippen molar-refractivity contribution in [2.24, 2.45) is 0 Å². The van der Waals surface area contributed by atoms with E-state index in [9.17, 15) is 9.59 Å². The Labute approximate surface area is 205 Å². The second-order valence-electron chi connectivity index (χ2n) is 7.08. The van der Waals surface area contributed by atoms with Crippen LogP contribution < -0.4 is 9.47 Å². The average Bonchev–Trinajstić information content (AvgIpc) is 3.07. The lowest BCUT2D eigenvalue weighted by molar-refractivity contribution is -0.123. The molecular weight excluding hydrogens is 481 g/mol. The Bertz CT molecular complexity index is 1180. The SMILES string of the molecule is O=C1S/C(=C/c2ccc(OCCOc3ccccc3)cc2)C(=O)N1Cc1ccc(Cl)cc1Cl. The third kappa shape index (κ3) is 6.11. The maximum atomic E-state index is 12.8. The van der Waals surface area contributed by atoms with Gasteiger partial charge in [-0.1, -0.05) is 59.6 Å². The summed E-state index contributed by atoms with van der Waals surface area (Å²) in [4.78, 5) is 26.7. The number of ether oxygens (including phenoxy) is 2. The maximum absolute atomic E-state index is 12.8. The van der Waals surface area contributed by atoms with Crippen LogP contribution in [-0.2, 0) is 11.3 Å². The van der Waals surface area contributed by atoms with Crippen LogP contribution in [0.2, 0.25) is 10.0 Å². The first-order valence-electron chi connectivity index (χ1n) is 10.1. The molecule has 8 heteroatoms. The third-order valence-corrected chi connectivity index (χ3v) is 6.25. The minimum absolute atomic E-state index is 0.0931. The highest BCUT2D eigenvalue weighted by Crippen LogP contribution is 2.34. The Kier molecular flexibility index (Phi) is 7.60. The van der Waals surface area contributed by atoms with Crippen molar-refractivity contribution in [2.75, 3.05) is 13.2 Å². The van der Waals surface area contributed by atoms with Crippen LogP contribution in [-0.4, -0.2) is 29.3 Å². The van der Waals surface area contributed by atoms with Crippen molar-refractivity contribution in [1.82, 2.24) is 4.90 Å². The Morgan fingerprint density at radius 3 is 2.18 bits per heavy atom. The number of nitrogens with zero attached hydrogens (tertiary/aromatic N) is 1. The van der Waals surface area contributed by atoms with Crippen molar-refractivity contribution in [1.29, 1.82) is 0 Å². The molecule has 0 atom stereocenters. The number of hydrogen-bond donors (Lipinski definition) is 0. The Hall–Kier alpha value is -2.93. The van der Waals surface area contributed by atoms with Crippen molar-refractivity contribution >= 4 is 52.2 Å². The Morgan fingerprint density at radius 1 is 0.848 bits per heavy atom. The van der Waals surface area contributed by atoms with Gasteiger partial charge in [-0.05, 0) is 65.4 Å². The summed E-state index contributed by atoms with van der Waals surface area (Å²) in [6, 6.07) is 21.8. The molecule has 3 aromatic rings. The van der Waals surface area contributed by atoms with Gasteiger partial charge in [0.2, 0.25) is 0 Å². The normalized spacial score (nSPS) is 14.7. The lowest BCUT2D eigenvalue weighted by atomic mass is 10.2. The molecule has 1 aliphatic rings. The van der Waals surface area contributed by atoms with Crippen molar-refractivity contribution in [3.05, 3.63) is 98.9 Å². The van der Waals surface area contributed by atoms with Crippen LogP contribution in [0.15, 0.2) is 77.7 Å². The average molecular weight is 500 g/mol. The summed E-state index contributed by atoms with van der Waals surface area (Å²) >= 11 is 13.0. The maximum Gasteiger partial charge on any atom is 0.293 e. The molecule has 0 radical (unpaired) electrons. The van der Waals surface area contributed by atoms with Crippen LogP contribution in [0.1, 0.15) is 11.1 Å². The number of amides is 2. The van der Waals surface area contributed by atoms with E-state index in [-0.39, 0.29) is 17.7 Å². The molecule has 168 valence electrons. The van der Waals surface area contributed by atoms with Gasteiger partial charge in [-0.2, -0.15) is 0 Å². The van der Waals surface area contributed by atoms with E-state index in [2.05, 4.69) is 0 Å². The molecule has 1 aliphatic heterocycles. The van der Waals surface area contributed by atoms with E-state index in [1.165, 1.54) is 4.90 Å². The van der Waals surface area contributed by atoms with E-state index in [1.807, 2.05) is 54.6 Å². The van der Waals surface area contributed by atoms with E-state index in [0.29, 0.717) is 39.5 Å². The van der Waals surface area contributed by atoms with Gasteiger partial charge in [0.25, 0.3) is 11.1 Å². The molecule has 33 heavy (non-hydrogen) atoms. The first-order chi connectivity index (χ1) is 16.0. The van der Waals surface area contributed by atoms with Gasteiger partial charge in [0.1, 0.15) is 24.7 Å². The van der Waals surface area contributed by atoms with Crippen molar-refractivity contribution in [3.8, 4) is 11.5 Å². The van der Waals surface area contributed by atoms with E-state index in [0.717, 1.165) is 23.1 Å². The van der Waals surface area contributed by atoms with Crippen LogP contribution in [0, 0.1) is 0 Å². The Balaban J connectivity index is 1.33. The molecular formula is C25H19Cl2NO4S. The second kappa shape index (κ2) is 10.8. The molecule has 0 saturated carbocycles. The summed E-state index contributed by atoms with van der Waals surface area (Å²) in [5.41, 5.74) is 1.44. The molecule has 0 bridgehead atoms. The number of carbonyl (C=O) groups excluding carboxylic acids is 2. The zero-order valence-corrected chi connectivity index (χ0v) is 19.7. The van der Waals surface area contributed by atoms with Gasteiger partial charge in [0, 0.05) is 10.0 Å². The summed E-state index contributed by atoms with van der Waals surface area (Å²) in [7, 11) is 0. The molecule has 4 rings (SSSR count). The number of halogens is 2. The van der Waals surface area contributed by atoms with Gasteiger partial charge >= 0.3 is 0 Å². The number of imide groups is 1. The lowest BCUT2D eigenvalue weighted by Crippen LogP contribution is -2.27. The zero-order chi connectivity index (χ0) is 23.2. The predicted molar refractivity (Wildman–Crippen MR) is 132 cm³/mol. The highest BCUT2D eigenvalue weighted by Gasteiger charge is 2.35. The van der Waals surface area contributed by atoms with Crippen LogP contribution in [0.25, 0.3) is 6.08 Å². The number of hydrogen-bond acceptors (Lipinski definition) is 5. The fourth-order valence-corrected chi connectivity index (χ4v) is 4.41. The number of rotatable bonds is 8. The number of benzene rings is 3. The fraction of sp³-hybridized carbons (Fsp3) is 0.120. The van der Waals surface area contributed by atoms with Gasteiger partial charge in [-0.25, -0.2) is 0 Å². The van der Waals surface area contributed by atoms with Gasteiger partial charge in [-0.15, -0.1) is 0 Å². The van der Waals surface area contributed by atoms with Crippen molar-refractivity contribution in [3.63, 3.8) is 0 Å². The van der Waals surface area contributed by atoms with Crippen LogP contribution in [0.3, 0.4) is 0 Å². The smallest absolute Gasteiger partial charge is 0.293 e. The molecule has 5 nitrogen and oxygen atoms in total. The van der Waals surface area contributed by atoms with E-state index in [1.54, 1.807) is 24.3 Å². The van der Waals surface area contributed by atoms with E-state index in [4.69, 9.17) is 32.7 Å².